The summed E-state index contributed by atoms with van der Waals surface area (Å²) in [7, 11) is 0. The standard InChI is InChI=1S/C44H58N4O14/c1-21-37-24(10-13-32(53)54)40(2,3)28(46-37)17-26-22(8-11-30(49)50)42(5,19-35(59)60)29(45-26)18-27-23(9-12-31(51)52)43(6,20-36(61)62)44(7,48-27)39-25(16-34(57)58)41(4,38(21)47-39)15-14-33(55)56/h17-18,21-23,25,39,45H,8-16,19-20H2,1-7H3,(H,49,50)(H,51,52)(H,53,54)(H,55,56)(H,57,58)(H,59,60)(H,61,62)/b26-17-,29-18-/t21-,22-,23-,25+,39-,41-,42+,43+,44+/m1/s1. The molecule has 0 unspecified atom stereocenters. The first-order chi connectivity index (χ1) is 28.6. The zero-order valence-electron chi connectivity index (χ0n) is 36.1. The molecule has 0 radical (unpaired) electrons. The van der Waals surface area contributed by atoms with E-state index in [2.05, 4.69) is 5.32 Å². The molecule has 8 N–H and O–H groups in total. The molecule has 62 heavy (non-hydrogen) atoms. The van der Waals surface area contributed by atoms with Gasteiger partial charge in [0.15, 0.2) is 0 Å². The maximum absolute atomic E-state index is 13.0. The number of carboxylic acid groups (broad SMARTS) is 7. The Morgan fingerprint density at radius 2 is 1.24 bits per heavy atom. The topological polar surface area (TPSA) is 310 Å². The molecule has 0 aromatic rings. The Bertz CT molecular complexity index is 2170. The highest BCUT2D eigenvalue weighted by Crippen LogP contribution is 2.62. The molecule has 0 amide bonds. The van der Waals surface area contributed by atoms with Gasteiger partial charge in [-0.3, -0.25) is 48.5 Å². The number of aliphatic imine (C=N–C) groups is 3. The number of fused-ring (bicyclic) bond motifs is 6. The maximum Gasteiger partial charge on any atom is 0.304 e. The van der Waals surface area contributed by atoms with E-state index < -0.39 is 131 Å². The number of carboxylic acids is 7. The van der Waals surface area contributed by atoms with Gasteiger partial charge in [0.1, 0.15) is 0 Å². The Labute approximate surface area is 358 Å². The van der Waals surface area contributed by atoms with E-state index in [1.54, 1.807) is 46.8 Å². The van der Waals surface area contributed by atoms with Gasteiger partial charge in [-0.05, 0) is 50.3 Å². The first-order valence-electron chi connectivity index (χ1n) is 20.9. The summed E-state index contributed by atoms with van der Waals surface area (Å²) in [6.07, 6.45) is 0.0717. The average molecular weight is 867 g/mol. The summed E-state index contributed by atoms with van der Waals surface area (Å²) in [6.45, 7) is 12.2. The number of aliphatic carboxylic acids is 7. The van der Waals surface area contributed by atoms with Crippen molar-refractivity contribution in [1.29, 1.82) is 0 Å². The van der Waals surface area contributed by atoms with Crippen LogP contribution in [0.4, 0.5) is 0 Å². The highest BCUT2D eigenvalue weighted by molar-refractivity contribution is 6.07. The highest BCUT2D eigenvalue weighted by Gasteiger charge is 2.66. The molecular weight excluding hydrogens is 808 g/mol. The molecule has 5 heterocycles. The molecule has 0 spiro atoms. The van der Waals surface area contributed by atoms with Crippen molar-refractivity contribution in [3.63, 3.8) is 0 Å². The summed E-state index contributed by atoms with van der Waals surface area (Å²) in [5.74, 6) is -11.7. The molecule has 338 valence electrons. The maximum atomic E-state index is 13.0. The van der Waals surface area contributed by atoms with E-state index in [0.717, 1.165) is 0 Å². The lowest BCUT2D eigenvalue weighted by Gasteiger charge is -2.48. The summed E-state index contributed by atoms with van der Waals surface area (Å²) in [6, 6.07) is -1.13. The molecule has 5 aliphatic heterocycles. The Kier molecular flexibility index (Phi) is 12.9. The third-order valence-corrected chi connectivity index (χ3v) is 14.8. The molecule has 0 saturated carbocycles. The third kappa shape index (κ3) is 8.43. The van der Waals surface area contributed by atoms with E-state index in [4.69, 9.17) is 15.0 Å². The van der Waals surface area contributed by atoms with Crippen LogP contribution in [0.15, 0.2) is 49.8 Å². The van der Waals surface area contributed by atoms with Crippen molar-refractivity contribution in [3.8, 4) is 0 Å². The monoisotopic (exact) mass is 866 g/mol. The molecule has 5 rings (SSSR count). The van der Waals surface area contributed by atoms with Crippen LogP contribution in [0.3, 0.4) is 0 Å². The van der Waals surface area contributed by atoms with Crippen LogP contribution in [0.25, 0.3) is 0 Å². The second kappa shape index (κ2) is 16.9. The van der Waals surface area contributed by atoms with E-state index in [-0.39, 0.29) is 44.2 Å². The molecule has 1 saturated heterocycles. The van der Waals surface area contributed by atoms with E-state index >= 15 is 0 Å². The van der Waals surface area contributed by atoms with Crippen molar-refractivity contribution in [1.82, 2.24) is 5.32 Å². The van der Waals surface area contributed by atoms with Crippen molar-refractivity contribution >= 4 is 58.9 Å². The fourth-order valence-corrected chi connectivity index (χ4v) is 11.3. The van der Waals surface area contributed by atoms with Crippen LogP contribution in [-0.2, 0) is 33.6 Å². The fourth-order valence-electron chi connectivity index (χ4n) is 11.3. The van der Waals surface area contributed by atoms with E-state index in [1.807, 2.05) is 13.8 Å². The summed E-state index contributed by atoms with van der Waals surface area (Å²) in [4.78, 5) is 103. The van der Waals surface area contributed by atoms with E-state index in [1.165, 1.54) is 0 Å². The van der Waals surface area contributed by atoms with Crippen molar-refractivity contribution in [2.24, 2.45) is 60.3 Å². The fraction of sp³-hybridized carbons (Fsp3) is 0.636. The van der Waals surface area contributed by atoms with Gasteiger partial charge < -0.3 is 41.1 Å². The lowest BCUT2D eigenvalue weighted by atomic mass is 9.55. The van der Waals surface area contributed by atoms with Gasteiger partial charge in [-0.2, -0.15) is 0 Å². The molecule has 0 aromatic carbocycles. The molecule has 18 heteroatoms. The van der Waals surface area contributed by atoms with Gasteiger partial charge >= 0.3 is 41.8 Å². The van der Waals surface area contributed by atoms with Crippen LogP contribution < -0.4 is 5.32 Å². The van der Waals surface area contributed by atoms with Crippen molar-refractivity contribution in [3.05, 3.63) is 34.8 Å². The Balaban J connectivity index is 1.98. The molecule has 0 aliphatic carbocycles. The average Bonchev–Trinajstić information content (AvgIpc) is 3.72. The Hall–Kier alpha value is -5.68. The smallest absolute Gasteiger partial charge is 0.304 e. The van der Waals surface area contributed by atoms with E-state index in [0.29, 0.717) is 34.1 Å². The predicted molar refractivity (Wildman–Crippen MR) is 223 cm³/mol. The van der Waals surface area contributed by atoms with Crippen LogP contribution >= 0.6 is 0 Å². The first kappa shape index (κ1) is 47.4. The number of rotatable bonds is 18. The number of allylic oxidation sites excluding steroid dienone is 6. The second-order valence-electron chi connectivity index (χ2n) is 19.0. The predicted octanol–water partition coefficient (Wildman–Crippen LogP) is 5.53. The summed E-state index contributed by atoms with van der Waals surface area (Å²) < 4.78 is 0. The third-order valence-electron chi connectivity index (χ3n) is 14.8. The van der Waals surface area contributed by atoms with Crippen LogP contribution in [0.5, 0.6) is 0 Å². The normalized spacial score (nSPS) is 34.9. The van der Waals surface area contributed by atoms with E-state index in [9.17, 15) is 69.3 Å². The lowest BCUT2D eigenvalue weighted by Crippen LogP contribution is -2.55. The van der Waals surface area contributed by atoms with Gasteiger partial charge in [-0.25, -0.2) is 0 Å². The van der Waals surface area contributed by atoms with Gasteiger partial charge in [0.05, 0.1) is 36.6 Å². The SMILES string of the molecule is C[C@H]1C2=N[C@H]([C@H](CC(=O)O)[C@@]2(C)CCC(=O)O)[C@]2(C)N=C(/C=C3\N/C(=C\C4=NC1=C(CCC(=O)O)C4(C)C)[C@@H](CCC(=O)O)[C@]3(C)CC(=O)O)[C@@H](CCC(=O)O)[C@]2(C)CC(=O)O. The van der Waals surface area contributed by atoms with Crippen LogP contribution in [-0.4, -0.2) is 106 Å². The number of hydrogen-bond donors (Lipinski definition) is 8. The summed E-state index contributed by atoms with van der Waals surface area (Å²) >= 11 is 0. The number of carbonyl (C=O) groups is 7. The molecule has 9 atom stereocenters. The largest absolute Gasteiger partial charge is 0.481 e. The zero-order valence-corrected chi connectivity index (χ0v) is 36.1. The van der Waals surface area contributed by atoms with Crippen molar-refractivity contribution in [2.75, 3.05) is 0 Å². The summed E-state index contributed by atoms with van der Waals surface area (Å²) in [5.41, 5.74) is -3.87. The second-order valence-corrected chi connectivity index (χ2v) is 19.0. The Morgan fingerprint density at radius 1 is 0.677 bits per heavy atom. The summed E-state index contributed by atoms with van der Waals surface area (Å²) in [5, 5.41) is 74.6. The minimum absolute atomic E-state index is 0.0212. The number of hydrogen-bond acceptors (Lipinski definition) is 11. The first-order valence-corrected chi connectivity index (χ1v) is 20.9. The molecule has 18 nitrogen and oxygen atoms in total. The molecule has 0 aromatic heterocycles. The van der Waals surface area contributed by atoms with Crippen molar-refractivity contribution < 1.29 is 69.3 Å². The minimum Gasteiger partial charge on any atom is -0.481 e. The molecule has 5 aliphatic rings. The molecule has 1 fully saturated rings. The molecule has 8 bridgehead atoms. The van der Waals surface area contributed by atoms with Gasteiger partial charge in [0.2, 0.25) is 0 Å². The van der Waals surface area contributed by atoms with Crippen LogP contribution in [0.1, 0.15) is 119 Å². The minimum atomic E-state index is -1.61. The Morgan fingerprint density at radius 3 is 1.77 bits per heavy atom. The quantitative estimate of drug-likeness (QED) is 0.0840. The van der Waals surface area contributed by atoms with Gasteiger partial charge in [0, 0.05) is 99.5 Å². The van der Waals surface area contributed by atoms with Crippen LogP contribution in [0.2, 0.25) is 0 Å². The molecular formula is C44H58N4O14. The lowest BCUT2D eigenvalue weighted by molar-refractivity contribution is -0.143. The van der Waals surface area contributed by atoms with Gasteiger partial charge in [-0.1, -0.05) is 41.5 Å². The zero-order chi connectivity index (χ0) is 46.5. The van der Waals surface area contributed by atoms with Gasteiger partial charge in [0.25, 0.3) is 0 Å². The highest BCUT2D eigenvalue weighted by atomic mass is 16.4. The number of nitrogens with one attached hydrogen (secondary N) is 1. The number of nitrogens with zero attached hydrogens (tertiary/aromatic N) is 3. The van der Waals surface area contributed by atoms with Crippen LogP contribution in [0, 0.1) is 45.3 Å². The van der Waals surface area contributed by atoms with Gasteiger partial charge in [-0.15, -0.1) is 0 Å². The van der Waals surface area contributed by atoms with Crippen molar-refractivity contribution in [2.45, 2.75) is 131 Å².